The van der Waals surface area contributed by atoms with Crippen molar-refractivity contribution in [1.82, 2.24) is 0 Å². The summed E-state index contributed by atoms with van der Waals surface area (Å²) in [6.45, 7) is 6.41. The zero-order valence-electron chi connectivity index (χ0n) is 38.3. The average Bonchev–Trinajstić information content (AvgIpc) is 3.22. The van der Waals surface area contributed by atoms with Gasteiger partial charge in [0.15, 0.2) is 6.10 Å². The second-order valence-corrected chi connectivity index (χ2v) is 16.3. The predicted molar refractivity (Wildman–Crippen MR) is 247 cm³/mol. The molecule has 0 N–H and O–H groups in total. The van der Waals surface area contributed by atoms with Gasteiger partial charge in [-0.15, -0.1) is 0 Å². The van der Waals surface area contributed by atoms with E-state index in [0.29, 0.717) is 19.3 Å². The fraction of sp³-hybridized carbons (Fsp3) is 0.788. The Balaban J connectivity index is 4.38. The summed E-state index contributed by atoms with van der Waals surface area (Å²) >= 11 is 0. The summed E-state index contributed by atoms with van der Waals surface area (Å²) in [5.41, 5.74) is 0. The molecule has 0 rings (SSSR count). The summed E-state index contributed by atoms with van der Waals surface area (Å²) in [6.07, 6.45) is 55.2. The Labute approximate surface area is 358 Å². The molecule has 0 aromatic carbocycles. The van der Waals surface area contributed by atoms with Gasteiger partial charge >= 0.3 is 17.9 Å². The quantitative estimate of drug-likeness (QED) is 0.0264. The Kier molecular flexibility index (Phi) is 44.9. The zero-order valence-corrected chi connectivity index (χ0v) is 38.3. The highest BCUT2D eigenvalue weighted by Crippen LogP contribution is 2.15. The summed E-state index contributed by atoms with van der Waals surface area (Å²) in [5, 5.41) is 0. The first-order valence-corrected chi connectivity index (χ1v) is 24.6. The Morgan fingerprint density at radius 3 is 1.03 bits per heavy atom. The minimum atomic E-state index is -0.778. The smallest absolute Gasteiger partial charge is 0.306 e. The molecule has 1 atom stereocenters. The van der Waals surface area contributed by atoms with Crippen molar-refractivity contribution in [1.29, 1.82) is 0 Å². The molecule has 0 amide bonds. The number of hydrogen-bond acceptors (Lipinski definition) is 6. The van der Waals surface area contributed by atoms with E-state index in [4.69, 9.17) is 14.2 Å². The van der Waals surface area contributed by atoms with Crippen LogP contribution >= 0.6 is 0 Å². The zero-order chi connectivity index (χ0) is 42.3. The standard InChI is InChI=1S/C52H92O6/c1-4-7-10-13-16-19-22-25-27-30-33-36-39-42-45-51(54)57-48-49(47-56-50(53)44-41-38-35-32-29-24-21-18-15-12-9-6-3)58-52(55)46-43-40-37-34-31-28-26-23-20-17-14-11-8-5-2/h7,9-10,12,16,18-19,21,49H,4-6,8,11,13-15,17,20,22-48H2,1-3H3/b10-7-,12-9-,19-16-,21-18-. The van der Waals surface area contributed by atoms with Crippen molar-refractivity contribution in [3.63, 3.8) is 0 Å². The molecule has 0 aromatic rings. The highest BCUT2D eigenvalue weighted by molar-refractivity contribution is 5.71. The number of unbranched alkanes of at least 4 members (excludes halogenated alkanes) is 25. The number of hydrogen-bond donors (Lipinski definition) is 0. The highest BCUT2D eigenvalue weighted by atomic mass is 16.6. The first-order valence-electron chi connectivity index (χ1n) is 24.6. The predicted octanol–water partition coefficient (Wildman–Crippen LogP) is 15.9. The lowest BCUT2D eigenvalue weighted by atomic mass is 10.0. The molecule has 6 nitrogen and oxygen atoms in total. The summed E-state index contributed by atoms with van der Waals surface area (Å²) in [5.74, 6) is -0.897. The van der Waals surface area contributed by atoms with Gasteiger partial charge in [-0.2, -0.15) is 0 Å². The van der Waals surface area contributed by atoms with Crippen molar-refractivity contribution < 1.29 is 28.6 Å². The van der Waals surface area contributed by atoms with E-state index in [0.717, 1.165) is 103 Å². The number of rotatable bonds is 44. The van der Waals surface area contributed by atoms with E-state index in [1.165, 1.54) is 103 Å². The van der Waals surface area contributed by atoms with Crippen LogP contribution in [0.5, 0.6) is 0 Å². The van der Waals surface area contributed by atoms with E-state index in [2.05, 4.69) is 69.4 Å². The first-order chi connectivity index (χ1) is 28.5. The van der Waals surface area contributed by atoms with Gasteiger partial charge < -0.3 is 14.2 Å². The van der Waals surface area contributed by atoms with Gasteiger partial charge in [0, 0.05) is 19.3 Å². The molecule has 6 heteroatoms. The molecule has 0 saturated heterocycles. The second kappa shape index (κ2) is 47.1. The van der Waals surface area contributed by atoms with Crippen LogP contribution in [-0.2, 0) is 28.6 Å². The molecule has 0 aliphatic heterocycles. The maximum atomic E-state index is 12.8. The average molecular weight is 813 g/mol. The van der Waals surface area contributed by atoms with Crippen molar-refractivity contribution in [3.05, 3.63) is 48.6 Å². The lowest BCUT2D eigenvalue weighted by Gasteiger charge is -2.18. The molecule has 0 spiro atoms. The van der Waals surface area contributed by atoms with Gasteiger partial charge in [-0.3, -0.25) is 14.4 Å². The van der Waals surface area contributed by atoms with E-state index >= 15 is 0 Å². The van der Waals surface area contributed by atoms with Crippen LogP contribution in [0.25, 0.3) is 0 Å². The highest BCUT2D eigenvalue weighted by Gasteiger charge is 2.19. The monoisotopic (exact) mass is 813 g/mol. The van der Waals surface area contributed by atoms with Crippen molar-refractivity contribution in [2.75, 3.05) is 13.2 Å². The van der Waals surface area contributed by atoms with E-state index in [9.17, 15) is 14.4 Å². The third kappa shape index (κ3) is 44.5. The molecule has 336 valence electrons. The molecule has 1 unspecified atom stereocenters. The van der Waals surface area contributed by atoms with Gasteiger partial charge in [-0.05, 0) is 70.6 Å². The molecule has 0 heterocycles. The molecule has 58 heavy (non-hydrogen) atoms. The molecule has 0 radical (unpaired) electrons. The minimum Gasteiger partial charge on any atom is -0.462 e. The lowest BCUT2D eigenvalue weighted by molar-refractivity contribution is -0.167. The van der Waals surface area contributed by atoms with Crippen molar-refractivity contribution in [2.45, 2.75) is 252 Å². The fourth-order valence-electron chi connectivity index (χ4n) is 6.93. The van der Waals surface area contributed by atoms with Crippen LogP contribution < -0.4 is 0 Å². The number of ether oxygens (including phenoxy) is 3. The lowest BCUT2D eigenvalue weighted by Crippen LogP contribution is -2.30. The van der Waals surface area contributed by atoms with Gasteiger partial charge in [0.2, 0.25) is 0 Å². The summed E-state index contributed by atoms with van der Waals surface area (Å²) < 4.78 is 16.8. The number of carbonyl (C=O) groups is 3. The molecule has 0 bridgehead atoms. The summed E-state index contributed by atoms with van der Waals surface area (Å²) in [4.78, 5) is 37.9. The third-order valence-electron chi connectivity index (χ3n) is 10.6. The molecule has 0 aliphatic rings. The first kappa shape index (κ1) is 55.4. The molecule has 0 fully saturated rings. The SMILES string of the molecule is CC/C=C\C/C=C\CCCCCCCCCC(=O)OCC(COC(=O)CCCCCCC/C=C\C/C=C\CC)OC(=O)CCCCCCCCCCCCCCCC. The van der Waals surface area contributed by atoms with Gasteiger partial charge in [0.1, 0.15) is 13.2 Å². The second-order valence-electron chi connectivity index (χ2n) is 16.3. The van der Waals surface area contributed by atoms with Gasteiger partial charge in [0.25, 0.3) is 0 Å². The fourth-order valence-corrected chi connectivity index (χ4v) is 6.93. The summed E-state index contributed by atoms with van der Waals surface area (Å²) in [6, 6.07) is 0. The van der Waals surface area contributed by atoms with Crippen molar-refractivity contribution >= 4 is 17.9 Å². The van der Waals surface area contributed by atoms with Crippen LogP contribution in [-0.4, -0.2) is 37.2 Å². The van der Waals surface area contributed by atoms with Crippen LogP contribution in [0.15, 0.2) is 48.6 Å². The maximum Gasteiger partial charge on any atom is 0.306 e. The molecular formula is C52H92O6. The van der Waals surface area contributed by atoms with Gasteiger partial charge in [-0.25, -0.2) is 0 Å². The topological polar surface area (TPSA) is 78.9 Å². The number of carbonyl (C=O) groups excluding carboxylic acids is 3. The Morgan fingerprint density at radius 1 is 0.362 bits per heavy atom. The molecular weight excluding hydrogens is 721 g/mol. The van der Waals surface area contributed by atoms with Crippen LogP contribution in [0.2, 0.25) is 0 Å². The van der Waals surface area contributed by atoms with E-state index < -0.39 is 6.10 Å². The molecule has 0 saturated carbocycles. The van der Waals surface area contributed by atoms with Crippen LogP contribution in [0.4, 0.5) is 0 Å². The Hall–Kier alpha value is -2.63. The van der Waals surface area contributed by atoms with Crippen molar-refractivity contribution in [2.24, 2.45) is 0 Å². The van der Waals surface area contributed by atoms with E-state index in [1.807, 2.05) is 0 Å². The Bertz CT molecular complexity index is 1030. The van der Waals surface area contributed by atoms with Gasteiger partial charge in [0.05, 0.1) is 0 Å². The van der Waals surface area contributed by atoms with Crippen LogP contribution in [0, 0.1) is 0 Å². The van der Waals surface area contributed by atoms with Crippen LogP contribution in [0.3, 0.4) is 0 Å². The molecule has 0 aliphatic carbocycles. The Morgan fingerprint density at radius 2 is 0.672 bits per heavy atom. The minimum absolute atomic E-state index is 0.0801. The normalized spacial score (nSPS) is 12.4. The van der Waals surface area contributed by atoms with E-state index in [1.54, 1.807) is 0 Å². The largest absolute Gasteiger partial charge is 0.462 e. The van der Waals surface area contributed by atoms with E-state index in [-0.39, 0.29) is 31.1 Å². The van der Waals surface area contributed by atoms with Crippen LogP contribution in [0.1, 0.15) is 245 Å². The number of allylic oxidation sites excluding steroid dienone is 8. The maximum absolute atomic E-state index is 12.8. The third-order valence-corrected chi connectivity index (χ3v) is 10.6. The van der Waals surface area contributed by atoms with Crippen molar-refractivity contribution in [3.8, 4) is 0 Å². The molecule has 0 aromatic heterocycles. The van der Waals surface area contributed by atoms with Gasteiger partial charge in [-0.1, -0.05) is 204 Å². The number of esters is 3. The summed E-state index contributed by atoms with van der Waals surface area (Å²) in [7, 11) is 0.